The van der Waals surface area contributed by atoms with Crippen LogP contribution in [0.2, 0.25) is 0 Å². The molecule has 1 fully saturated rings. The fourth-order valence-electron chi connectivity index (χ4n) is 2.95. The number of sulfonamides is 1. The maximum Gasteiger partial charge on any atom is 0.243 e. The fourth-order valence-corrected chi connectivity index (χ4v) is 4.51. The van der Waals surface area contributed by atoms with E-state index in [0.29, 0.717) is 37.8 Å². The number of ether oxygens (including phenoxy) is 2. The summed E-state index contributed by atoms with van der Waals surface area (Å²) in [6, 6.07) is 4.80. The molecule has 2 aliphatic rings. The SMILES string of the molecule is CC(N)C1CCCN(S(=O)(=O)c2ccc3c(c2)OCCO3)C1. The first-order valence-corrected chi connectivity index (χ1v) is 9.08. The molecule has 1 aromatic carbocycles. The van der Waals surface area contributed by atoms with E-state index >= 15 is 0 Å². The number of nitrogens with zero attached hydrogens (tertiary/aromatic N) is 1. The molecule has 2 unspecified atom stereocenters. The summed E-state index contributed by atoms with van der Waals surface area (Å²) >= 11 is 0. The van der Waals surface area contributed by atoms with Crippen molar-refractivity contribution in [3.63, 3.8) is 0 Å². The van der Waals surface area contributed by atoms with Crippen molar-refractivity contribution >= 4 is 10.0 Å². The Labute approximate surface area is 131 Å². The molecule has 2 N–H and O–H groups in total. The third kappa shape index (κ3) is 2.93. The highest BCUT2D eigenvalue weighted by Crippen LogP contribution is 2.34. The molecular weight excluding hydrogens is 304 g/mol. The third-order valence-corrected chi connectivity index (χ3v) is 6.18. The molecule has 3 rings (SSSR count). The molecule has 1 aromatic rings. The van der Waals surface area contributed by atoms with Crippen molar-refractivity contribution in [1.29, 1.82) is 0 Å². The maximum atomic E-state index is 12.8. The van der Waals surface area contributed by atoms with Gasteiger partial charge in [-0.05, 0) is 37.8 Å². The average Bonchev–Trinajstić information content (AvgIpc) is 2.54. The molecule has 2 heterocycles. The van der Waals surface area contributed by atoms with Crippen LogP contribution in [0.3, 0.4) is 0 Å². The second kappa shape index (κ2) is 6.06. The van der Waals surface area contributed by atoms with E-state index in [0.717, 1.165) is 12.8 Å². The van der Waals surface area contributed by atoms with Gasteiger partial charge in [-0.2, -0.15) is 4.31 Å². The molecule has 0 aromatic heterocycles. The smallest absolute Gasteiger partial charge is 0.243 e. The topological polar surface area (TPSA) is 81.9 Å². The van der Waals surface area contributed by atoms with Gasteiger partial charge in [-0.15, -0.1) is 0 Å². The molecule has 0 aliphatic carbocycles. The van der Waals surface area contributed by atoms with E-state index in [1.54, 1.807) is 18.2 Å². The van der Waals surface area contributed by atoms with E-state index in [-0.39, 0.29) is 16.9 Å². The summed E-state index contributed by atoms with van der Waals surface area (Å²) in [6.07, 6.45) is 1.82. The minimum absolute atomic E-state index is 0.00161. The highest BCUT2D eigenvalue weighted by molar-refractivity contribution is 7.89. The summed E-state index contributed by atoms with van der Waals surface area (Å²) in [5.74, 6) is 1.30. The lowest BCUT2D eigenvalue weighted by atomic mass is 9.93. The van der Waals surface area contributed by atoms with E-state index < -0.39 is 10.0 Å². The van der Waals surface area contributed by atoms with Crippen LogP contribution in [0.1, 0.15) is 19.8 Å². The third-order valence-electron chi connectivity index (χ3n) is 4.32. The molecule has 7 heteroatoms. The summed E-state index contributed by atoms with van der Waals surface area (Å²) in [5.41, 5.74) is 5.94. The molecule has 122 valence electrons. The zero-order valence-electron chi connectivity index (χ0n) is 12.7. The van der Waals surface area contributed by atoms with Crippen molar-refractivity contribution in [2.24, 2.45) is 11.7 Å². The molecule has 2 aliphatic heterocycles. The highest BCUT2D eigenvalue weighted by atomic mass is 32.2. The first kappa shape index (κ1) is 15.6. The van der Waals surface area contributed by atoms with Crippen LogP contribution < -0.4 is 15.2 Å². The highest BCUT2D eigenvalue weighted by Gasteiger charge is 2.32. The lowest BCUT2D eigenvalue weighted by Gasteiger charge is -2.33. The lowest BCUT2D eigenvalue weighted by Crippen LogP contribution is -2.44. The van der Waals surface area contributed by atoms with Crippen LogP contribution in [0, 0.1) is 5.92 Å². The molecular formula is C15H22N2O4S. The molecule has 6 nitrogen and oxygen atoms in total. The number of piperidine rings is 1. The molecule has 2 atom stereocenters. The molecule has 22 heavy (non-hydrogen) atoms. The standard InChI is InChI=1S/C15H22N2O4S/c1-11(16)12-3-2-6-17(10-12)22(18,19)13-4-5-14-15(9-13)21-8-7-20-14/h4-5,9,11-12H,2-3,6-8,10,16H2,1H3. The fraction of sp³-hybridized carbons (Fsp3) is 0.600. The van der Waals surface area contributed by atoms with Crippen molar-refractivity contribution in [2.75, 3.05) is 26.3 Å². The zero-order valence-corrected chi connectivity index (χ0v) is 13.5. The normalized spacial score (nSPS) is 24.0. The van der Waals surface area contributed by atoms with Gasteiger partial charge in [0.1, 0.15) is 13.2 Å². The van der Waals surface area contributed by atoms with Crippen LogP contribution >= 0.6 is 0 Å². The average molecular weight is 326 g/mol. The minimum Gasteiger partial charge on any atom is -0.486 e. The molecule has 0 radical (unpaired) electrons. The summed E-state index contributed by atoms with van der Waals surface area (Å²) in [6.45, 7) is 3.88. The molecule has 0 amide bonds. The Balaban J connectivity index is 1.86. The summed E-state index contributed by atoms with van der Waals surface area (Å²) in [4.78, 5) is 0.252. The second-order valence-electron chi connectivity index (χ2n) is 5.93. The minimum atomic E-state index is -3.52. The Morgan fingerprint density at radius 3 is 2.73 bits per heavy atom. The quantitative estimate of drug-likeness (QED) is 0.903. The molecule has 0 saturated carbocycles. The van der Waals surface area contributed by atoms with E-state index in [9.17, 15) is 8.42 Å². The Bertz CT molecular complexity index is 645. The van der Waals surface area contributed by atoms with E-state index in [2.05, 4.69) is 0 Å². The van der Waals surface area contributed by atoms with Crippen molar-refractivity contribution < 1.29 is 17.9 Å². The second-order valence-corrected chi connectivity index (χ2v) is 7.87. The zero-order chi connectivity index (χ0) is 15.7. The van der Waals surface area contributed by atoms with Gasteiger partial charge in [0.25, 0.3) is 0 Å². The van der Waals surface area contributed by atoms with Gasteiger partial charge >= 0.3 is 0 Å². The molecule has 0 bridgehead atoms. The summed E-state index contributed by atoms with van der Waals surface area (Å²) in [7, 11) is -3.52. The van der Waals surface area contributed by atoms with Crippen LogP contribution in [0.4, 0.5) is 0 Å². The van der Waals surface area contributed by atoms with E-state index in [1.807, 2.05) is 6.92 Å². The number of rotatable bonds is 3. The van der Waals surface area contributed by atoms with Gasteiger partial charge in [0.05, 0.1) is 4.90 Å². The maximum absolute atomic E-state index is 12.8. The van der Waals surface area contributed by atoms with Crippen LogP contribution in [-0.2, 0) is 10.0 Å². The predicted molar refractivity (Wildman–Crippen MR) is 82.6 cm³/mol. The van der Waals surface area contributed by atoms with E-state index in [1.165, 1.54) is 4.31 Å². The lowest BCUT2D eigenvalue weighted by molar-refractivity contribution is 0.171. The Morgan fingerprint density at radius 2 is 2.00 bits per heavy atom. The first-order valence-electron chi connectivity index (χ1n) is 7.64. The van der Waals surface area contributed by atoms with Crippen LogP contribution in [0.15, 0.2) is 23.1 Å². The van der Waals surface area contributed by atoms with Gasteiger partial charge in [-0.25, -0.2) is 8.42 Å². The van der Waals surface area contributed by atoms with Crippen molar-refractivity contribution in [3.05, 3.63) is 18.2 Å². The number of benzene rings is 1. The van der Waals surface area contributed by atoms with Crippen molar-refractivity contribution in [3.8, 4) is 11.5 Å². The van der Waals surface area contributed by atoms with Gasteiger partial charge in [0.15, 0.2) is 11.5 Å². The van der Waals surface area contributed by atoms with Gasteiger partial charge in [0.2, 0.25) is 10.0 Å². The van der Waals surface area contributed by atoms with Crippen LogP contribution in [0.5, 0.6) is 11.5 Å². The Kier molecular flexibility index (Phi) is 4.29. The van der Waals surface area contributed by atoms with Gasteiger partial charge in [-0.1, -0.05) is 0 Å². The van der Waals surface area contributed by atoms with Gasteiger partial charge < -0.3 is 15.2 Å². The summed E-state index contributed by atoms with van der Waals surface area (Å²) in [5, 5.41) is 0. The Hall–Kier alpha value is -1.31. The summed E-state index contributed by atoms with van der Waals surface area (Å²) < 4.78 is 38.1. The van der Waals surface area contributed by atoms with Crippen LogP contribution in [-0.4, -0.2) is 45.1 Å². The predicted octanol–water partition coefficient (Wildman–Crippen LogP) is 1.21. The number of hydrogen-bond donors (Lipinski definition) is 1. The largest absolute Gasteiger partial charge is 0.486 e. The number of hydrogen-bond acceptors (Lipinski definition) is 5. The monoisotopic (exact) mass is 326 g/mol. The van der Waals surface area contributed by atoms with Crippen LogP contribution in [0.25, 0.3) is 0 Å². The first-order chi connectivity index (χ1) is 10.5. The van der Waals surface area contributed by atoms with Gasteiger partial charge in [0, 0.05) is 25.2 Å². The Morgan fingerprint density at radius 1 is 1.27 bits per heavy atom. The number of fused-ring (bicyclic) bond motifs is 1. The van der Waals surface area contributed by atoms with E-state index in [4.69, 9.17) is 15.2 Å². The number of nitrogens with two attached hydrogens (primary N) is 1. The van der Waals surface area contributed by atoms with Crippen molar-refractivity contribution in [1.82, 2.24) is 4.31 Å². The molecule has 1 saturated heterocycles. The van der Waals surface area contributed by atoms with Gasteiger partial charge in [-0.3, -0.25) is 0 Å². The van der Waals surface area contributed by atoms with Crippen molar-refractivity contribution in [2.45, 2.75) is 30.7 Å². The molecule has 0 spiro atoms.